The standard InChI is InChI=1S/C19H19N3O5S/c1-2-25-19(24)22-6-5-11-14(8-22)28-18-15(11)17(23)20-16(21-18)10-3-4-12-13(7-10)27-9-26-12/h3-4,7,16,21H,2,5-6,8-9H2,1H3,(H,20,23). The van der Waals surface area contributed by atoms with Gasteiger partial charge in [0.05, 0.1) is 18.7 Å². The Morgan fingerprint density at radius 1 is 1.32 bits per heavy atom. The number of thiophene rings is 1. The molecule has 2 N–H and O–H groups in total. The molecule has 2 aromatic rings. The molecule has 0 saturated heterocycles. The van der Waals surface area contributed by atoms with E-state index in [0.29, 0.717) is 43.2 Å². The number of amides is 2. The SMILES string of the molecule is CCOC(=O)N1CCc2c(sc3c2C(=O)NC(c2ccc4c(c2)OCO4)N3)C1. The molecule has 1 atom stereocenters. The lowest BCUT2D eigenvalue weighted by atomic mass is 10.0. The van der Waals surface area contributed by atoms with E-state index in [1.165, 1.54) is 11.3 Å². The zero-order chi connectivity index (χ0) is 19.3. The van der Waals surface area contributed by atoms with Gasteiger partial charge in [0.25, 0.3) is 5.91 Å². The number of nitrogens with one attached hydrogen (secondary N) is 2. The van der Waals surface area contributed by atoms with E-state index in [1.807, 2.05) is 18.2 Å². The number of carbonyl (C=O) groups is 2. The third-order valence-corrected chi connectivity index (χ3v) is 6.24. The maximum absolute atomic E-state index is 12.8. The van der Waals surface area contributed by atoms with Crippen molar-refractivity contribution in [3.8, 4) is 11.5 Å². The number of rotatable bonds is 2. The summed E-state index contributed by atoms with van der Waals surface area (Å²) in [6, 6.07) is 5.63. The molecule has 0 aliphatic carbocycles. The Hall–Kier alpha value is -2.94. The van der Waals surface area contributed by atoms with Crippen LogP contribution >= 0.6 is 11.3 Å². The average Bonchev–Trinajstić information content (AvgIpc) is 3.30. The van der Waals surface area contributed by atoms with Crippen LogP contribution in [-0.4, -0.2) is 36.8 Å². The van der Waals surface area contributed by atoms with Crippen LogP contribution < -0.4 is 20.1 Å². The van der Waals surface area contributed by atoms with Gasteiger partial charge in [-0.2, -0.15) is 0 Å². The molecule has 5 rings (SSSR count). The summed E-state index contributed by atoms with van der Waals surface area (Å²) in [4.78, 5) is 27.6. The fourth-order valence-corrected chi connectivity index (χ4v) is 5.03. The van der Waals surface area contributed by atoms with Gasteiger partial charge in [0.2, 0.25) is 6.79 Å². The Kier molecular flexibility index (Phi) is 4.04. The maximum Gasteiger partial charge on any atom is 0.410 e. The number of ether oxygens (including phenoxy) is 3. The van der Waals surface area contributed by atoms with Crippen molar-refractivity contribution in [1.82, 2.24) is 10.2 Å². The van der Waals surface area contributed by atoms with E-state index >= 15 is 0 Å². The van der Waals surface area contributed by atoms with E-state index in [4.69, 9.17) is 14.2 Å². The van der Waals surface area contributed by atoms with Gasteiger partial charge in [0.15, 0.2) is 11.5 Å². The van der Waals surface area contributed by atoms with Crippen LogP contribution in [0.15, 0.2) is 18.2 Å². The first-order valence-electron chi connectivity index (χ1n) is 9.17. The molecule has 0 radical (unpaired) electrons. The Balaban J connectivity index is 1.41. The number of hydrogen-bond donors (Lipinski definition) is 2. The zero-order valence-electron chi connectivity index (χ0n) is 15.2. The Morgan fingerprint density at radius 2 is 2.18 bits per heavy atom. The van der Waals surface area contributed by atoms with Gasteiger partial charge in [-0.15, -0.1) is 11.3 Å². The van der Waals surface area contributed by atoms with Crippen LogP contribution in [0.5, 0.6) is 11.5 Å². The van der Waals surface area contributed by atoms with E-state index in [2.05, 4.69) is 10.6 Å². The molecule has 1 aromatic heterocycles. The molecule has 0 fully saturated rings. The van der Waals surface area contributed by atoms with E-state index in [1.54, 1.807) is 11.8 Å². The number of fused-ring (bicyclic) bond motifs is 4. The second kappa shape index (κ2) is 6.59. The van der Waals surface area contributed by atoms with Gasteiger partial charge in [0.1, 0.15) is 11.2 Å². The first-order chi connectivity index (χ1) is 13.6. The van der Waals surface area contributed by atoms with Gasteiger partial charge in [-0.05, 0) is 36.6 Å². The molecule has 8 nitrogen and oxygen atoms in total. The first-order valence-corrected chi connectivity index (χ1v) is 9.99. The molecule has 1 aromatic carbocycles. The smallest absolute Gasteiger partial charge is 0.410 e. The molecular formula is C19H19N3O5S. The second-order valence-corrected chi connectivity index (χ2v) is 7.85. The highest BCUT2D eigenvalue weighted by molar-refractivity contribution is 7.16. The monoisotopic (exact) mass is 401 g/mol. The summed E-state index contributed by atoms with van der Waals surface area (Å²) in [6.45, 7) is 3.37. The third-order valence-electron chi connectivity index (χ3n) is 5.09. The van der Waals surface area contributed by atoms with Crippen molar-refractivity contribution < 1.29 is 23.8 Å². The van der Waals surface area contributed by atoms with Crippen molar-refractivity contribution in [3.63, 3.8) is 0 Å². The fraction of sp³-hybridized carbons (Fsp3) is 0.368. The molecule has 0 bridgehead atoms. The molecule has 3 aliphatic heterocycles. The normalized spacial score (nSPS) is 19.4. The number of anilines is 1. The highest BCUT2D eigenvalue weighted by Gasteiger charge is 2.34. The Morgan fingerprint density at radius 3 is 3.04 bits per heavy atom. The van der Waals surface area contributed by atoms with Crippen LogP contribution in [0.4, 0.5) is 9.80 Å². The fourth-order valence-electron chi connectivity index (χ4n) is 3.75. The van der Waals surface area contributed by atoms with E-state index in [9.17, 15) is 9.59 Å². The number of carbonyl (C=O) groups excluding carboxylic acids is 2. The average molecular weight is 401 g/mol. The summed E-state index contributed by atoms with van der Waals surface area (Å²) < 4.78 is 15.9. The summed E-state index contributed by atoms with van der Waals surface area (Å²) in [5, 5.41) is 7.28. The predicted molar refractivity (Wildman–Crippen MR) is 102 cm³/mol. The Bertz CT molecular complexity index is 973. The molecule has 9 heteroatoms. The van der Waals surface area contributed by atoms with Crippen molar-refractivity contribution >= 4 is 28.3 Å². The van der Waals surface area contributed by atoms with Crippen LogP contribution in [-0.2, 0) is 17.7 Å². The minimum Gasteiger partial charge on any atom is -0.454 e. The summed E-state index contributed by atoms with van der Waals surface area (Å²) in [5.41, 5.74) is 2.61. The lowest BCUT2D eigenvalue weighted by Gasteiger charge is -2.28. The van der Waals surface area contributed by atoms with Gasteiger partial charge >= 0.3 is 6.09 Å². The second-order valence-electron chi connectivity index (χ2n) is 6.74. The van der Waals surface area contributed by atoms with E-state index < -0.39 is 0 Å². The highest BCUT2D eigenvalue weighted by Crippen LogP contribution is 2.42. The van der Waals surface area contributed by atoms with Gasteiger partial charge in [-0.1, -0.05) is 6.07 Å². The largest absolute Gasteiger partial charge is 0.454 e. The molecule has 2 amide bonds. The van der Waals surface area contributed by atoms with Crippen molar-refractivity contribution in [2.45, 2.75) is 26.1 Å². The summed E-state index contributed by atoms with van der Waals surface area (Å²) in [7, 11) is 0. The maximum atomic E-state index is 12.8. The lowest BCUT2D eigenvalue weighted by molar-refractivity contribution is 0.0934. The van der Waals surface area contributed by atoms with Crippen molar-refractivity contribution in [2.75, 3.05) is 25.3 Å². The third kappa shape index (κ3) is 2.73. The van der Waals surface area contributed by atoms with Crippen LogP contribution in [0.2, 0.25) is 0 Å². The summed E-state index contributed by atoms with van der Waals surface area (Å²) in [5.74, 6) is 1.28. The quantitative estimate of drug-likeness (QED) is 0.805. The summed E-state index contributed by atoms with van der Waals surface area (Å²) in [6.07, 6.45) is -0.0185. The summed E-state index contributed by atoms with van der Waals surface area (Å²) >= 11 is 1.53. The predicted octanol–water partition coefficient (Wildman–Crippen LogP) is 2.85. The van der Waals surface area contributed by atoms with Crippen molar-refractivity contribution in [1.29, 1.82) is 0 Å². The minimum absolute atomic E-state index is 0.0986. The lowest BCUT2D eigenvalue weighted by Crippen LogP contribution is -2.39. The van der Waals surface area contributed by atoms with Gasteiger partial charge in [0, 0.05) is 11.4 Å². The van der Waals surface area contributed by atoms with Gasteiger partial charge in [-0.3, -0.25) is 4.79 Å². The minimum atomic E-state index is -0.351. The number of nitrogens with zero attached hydrogens (tertiary/aromatic N) is 1. The van der Waals surface area contributed by atoms with Crippen molar-refractivity contribution in [3.05, 3.63) is 39.8 Å². The highest BCUT2D eigenvalue weighted by atomic mass is 32.1. The molecule has 146 valence electrons. The topological polar surface area (TPSA) is 89.1 Å². The molecule has 1 unspecified atom stereocenters. The van der Waals surface area contributed by atoms with E-state index in [0.717, 1.165) is 21.0 Å². The molecule has 28 heavy (non-hydrogen) atoms. The van der Waals surface area contributed by atoms with Crippen molar-refractivity contribution in [2.24, 2.45) is 0 Å². The molecule has 3 aliphatic rings. The van der Waals surface area contributed by atoms with E-state index in [-0.39, 0.29) is 25.0 Å². The Labute approximate surface area is 165 Å². The molecule has 4 heterocycles. The molecular weight excluding hydrogens is 382 g/mol. The molecule has 0 saturated carbocycles. The van der Waals surface area contributed by atoms with Gasteiger partial charge < -0.3 is 29.7 Å². The van der Waals surface area contributed by atoms with Gasteiger partial charge in [-0.25, -0.2) is 4.79 Å². The number of benzene rings is 1. The van der Waals surface area contributed by atoms with Crippen LogP contribution in [0.25, 0.3) is 0 Å². The van der Waals surface area contributed by atoms with Crippen LogP contribution in [0, 0.1) is 0 Å². The van der Waals surface area contributed by atoms with Crippen LogP contribution in [0.3, 0.4) is 0 Å². The molecule has 0 spiro atoms. The van der Waals surface area contributed by atoms with Crippen LogP contribution in [0.1, 0.15) is 39.5 Å². The zero-order valence-corrected chi connectivity index (χ0v) is 16.1. The number of hydrogen-bond acceptors (Lipinski definition) is 7. The first kappa shape index (κ1) is 17.2.